The van der Waals surface area contributed by atoms with E-state index in [9.17, 15) is 0 Å². The molecule has 134 valence electrons. The molecule has 6 heteroatoms. The maximum atomic E-state index is 4.64. The SMILES string of the molecule is Cc1cccc(N2CCN(c3ncnc4c3ncn4C3CC3)CC2)c1C. The first kappa shape index (κ1) is 15.6. The van der Waals surface area contributed by atoms with Crippen molar-refractivity contribution in [3.8, 4) is 0 Å². The fourth-order valence-electron chi connectivity index (χ4n) is 3.93. The van der Waals surface area contributed by atoms with Crippen molar-refractivity contribution < 1.29 is 0 Å². The summed E-state index contributed by atoms with van der Waals surface area (Å²) in [6.45, 7) is 8.31. The highest BCUT2D eigenvalue weighted by molar-refractivity contribution is 5.83. The molecule has 0 unspecified atom stereocenters. The van der Waals surface area contributed by atoms with E-state index in [1.807, 2.05) is 6.33 Å². The van der Waals surface area contributed by atoms with E-state index < -0.39 is 0 Å². The molecule has 1 aromatic carbocycles. The molecule has 2 aromatic heterocycles. The molecule has 3 heterocycles. The van der Waals surface area contributed by atoms with Crippen molar-refractivity contribution >= 4 is 22.7 Å². The van der Waals surface area contributed by atoms with Gasteiger partial charge in [0.15, 0.2) is 17.0 Å². The quantitative estimate of drug-likeness (QED) is 0.728. The molecule has 0 atom stereocenters. The molecular weight excluding hydrogens is 324 g/mol. The number of anilines is 2. The van der Waals surface area contributed by atoms with Gasteiger partial charge in [-0.05, 0) is 43.9 Å². The maximum Gasteiger partial charge on any atom is 0.165 e. The average molecular weight is 348 g/mol. The summed E-state index contributed by atoms with van der Waals surface area (Å²) in [6.07, 6.45) is 6.10. The van der Waals surface area contributed by atoms with E-state index in [0.29, 0.717) is 6.04 Å². The zero-order chi connectivity index (χ0) is 17.7. The summed E-state index contributed by atoms with van der Waals surface area (Å²) in [5, 5.41) is 0. The Kier molecular flexibility index (Phi) is 3.58. The van der Waals surface area contributed by atoms with Crippen LogP contribution in [0, 0.1) is 13.8 Å². The predicted octanol–water partition coefficient (Wildman–Crippen LogP) is 3.10. The van der Waals surface area contributed by atoms with Crippen molar-refractivity contribution in [1.82, 2.24) is 19.5 Å². The van der Waals surface area contributed by atoms with E-state index >= 15 is 0 Å². The Morgan fingerprint density at radius 2 is 1.69 bits per heavy atom. The van der Waals surface area contributed by atoms with Gasteiger partial charge in [-0.25, -0.2) is 15.0 Å². The van der Waals surface area contributed by atoms with E-state index in [4.69, 9.17) is 0 Å². The Morgan fingerprint density at radius 3 is 2.46 bits per heavy atom. The molecule has 6 nitrogen and oxygen atoms in total. The second-order valence-electron chi connectivity index (χ2n) is 7.45. The first-order valence-electron chi connectivity index (χ1n) is 9.46. The van der Waals surface area contributed by atoms with Crippen molar-refractivity contribution in [2.24, 2.45) is 0 Å². The lowest BCUT2D eigenvalue weighted by Gasteiger charge is -2.37. The van der Waals surface area contributed by atoms with Crippen LogP contribution in [-0.2, 0) is 0 Å². The number of hydrogen-bond acceptors (Lipinski definition) is 5. The lowest BCUT2D eigenvalue weighted by molar-refractivity contribution is 0.647. The number of nitrogens with zero attached hydrogens (tertiary/aromatic N) is 6. The smallest absolute Gasteiger partial charge is 0.165 e. The summed E-state index contributed by atoms with van der Waals surface area (Å²) in [5.74, 6) is 0.981. The van der Waals surface area contributed by atoms with Crippen LogP contribution in [0.1, 0.15) is 30.0 Å². The van der Waals surface area contributed by atoms with Gasteiger partial charge in [-0.3, -0.25) is 0 Å². The highest BCUT2D eigenvalue weighted by Gasteiger charge is 2.28. The van der Waals surface area contributed by atoms with Gasteiger partial charge in [0.2, 0.25) is 0 Å². The zero-order valence-electron chi connectivity index (χ0n) is 15.4. The summed E-state index contributed by atoms with van der Waals surface area (Å²) < 4.78 is 2.22. The molecule has 0 N–H and O–H groups in total. The molecule has 0 spiro atoms. The molecule has 1 aliphatic carbocycles. The summed E-state index contributed by atoms with van der Waals surface area (Å²) in [4.78, 5) is 18.6. The van der Waals surface area contributed by atoms with Crippen molar-refractivity contribution in [3.05, 3.63) is 42.0 Å². The Labute approximate surface area is 153 Å². The minimum absolute atomic E-state index is 0.587. The lowest BCUT2D eigenvalue weighted by Crippen LogP contribution is -2.47. The number of benzene rings is 1. The third kappa shape index (κ3) is 2.52. The number of aromatic nitrogens is 4. The van der Waals surface area contributed by atoms with Crippen LogP contribution >= 0.6 is 0 Å². The van der Waals surface area contributed by atoms with Crippen molar-refractivity contribution in [2.75, 3.05) is 36.0 Å². The Balaban J connectivity index is 1.39. The van der Waals surface area contributed by atoms with Gasteiger partial charge < -0.3 is 14.4 Å². The highest BCUT2D eigenvalue weighted by Crippen LogP contribution is 2.37. The van der Waals surface area contributed by atoms with E-state index in [0.717, 1.165) is 43.2 Å². The monoisotopic (exact) mass is 348 g/mol. The van der Waals surface area contributed by atoms with Crippen LogP contribution in [0.3, 0.4) is 0 Å². The largest absolute Gasteiger partial charge is 0.368 e. The molecule has 1 saturated carbocycles. The summed E-state index contributed by atoms with van der Waals surface area (Å²) in [6, 6.07) is 7.16. The second-order valence-corrected chi connectivity index (χ2v) is 7.45. The van der Waals surface area contributed by atoms with Crippen LogP contribution in [0.2, 0.25) is 0 Å². The van der Waals surface area contributed by atoms with E-state index in [2.05, 4.69) is 61.4 Å². The third-order valence-electron chi connectivity index (χ3n) is 5.78. The normalized spacial score (nSPS) is 17.9. The summed E-state index contributed by atoms with van der Waals surface area (Å²) >= 11 is 0. The number of rotatable bonds is 3. The molecule has 0 amide bonds. The van der Waals surface area contributed by atoms with E-state index in [1.54, 1.807) is 6.33 Å². The van der Waals surface area contributed by atoms with Crippen LogP contribution in [-0.4, -0.2) is 45.7 Å². The Bertz CT molecular complexity index is 950. The standard InChI is InChI=1S/C20H24N6/c1-14-4-3-5-17(15(14)2)24-8-10-25(11-9-24)19-18-20(22-12-21-19)26(13-23-18)16-6-7-16/h3-5,12-13,16H,6-11H2,1-2H3. The molecule has 1 saturated heterocycles. The fraction of sp³-hybridized carbons (Fsp3) is 0.450. The fourth-order valence-corrected chi connectivity index (χ4v) is 3.93. The van der Waals surface area contributed by atoms with Gasteiger partial charge in [0.05, 0.1) is 6.33 Å². The lowest BCUT2D eigenvalue weighted by atomic mass is 10.1. The van der Waals surface area contributed by atoms with Gasteiger partial charge in [-0.2, -0.15) is 0 Å². The number of hydrogen-bond donors (Lipinski definition) is 0. The Morgan fingerprint density at radius 1 is 0.923 bits per heavy atom. The molecule has 2 fully saturated rings. The van der Waals surface area contributed by atoms with Crippen molar-refractivity contribution in [1.29, 1.82) is 0 Å². The minimum atomic E-state index is 0.587. The first-order chi connectivity index (χ1) is 12.7. The van der Waals surface area contributed by atoms with Crippen LogP contribution in [0.5, 0.6) is 0 Å². The van der Waals surface area contributed by atoms with Crippen LogP contribution in [0.4, 0.5) is 11.5 Å². The van der Waals surface area contributed by atoms with Gasteiger partial charge in [-0.1, -0.05) is 12.1 Å². The van der Waals surface area contributed by atoms with Crippen molar-refractivity contribution in [3.63, 3.8) is 0 Å². The zero-order valence-corrected chi connectivity index (χ0v) is 15.4. The number of aryl methyl sites for hydroxylation is 1. The average Bonchev–Trinajstić information content (AvgIpc) is 3.42. The van der Waals surface area contributed by atoms with Gasteiger partial charge in [0, 0.05) is 37.9 Å². The molecule has 0 bridgehead atoms. The van der Waals surface area contributed by atoms with Gasteiger partial charge in [0.1, 0.15) is 6.33 Å². The molecule has 5 rings (SSSR count). The van der Waals surface area contributed by atoms with E-state index in [1.165, 1.54) is 29.7 Å². The second kappa shape index (κ2) is 5.97. The topological polar surface area (TPSA) is 50.1 Å². The molecule has 1 aliphatic heterocycles. The van der Waals surface area contributed by atoms with Gasteiger partial charge in [-0.15, -0.1) is 0 Å². The number of piperazine rings is 1. The molecule has 2 aliphatic rings. The number of fused-ring (bicyclic) bond motifs is 1. The summed E-state index contributed by atoms with van der Waals surface area (Å²) in [7, 11) is 0. The summed E-state index contributed by atoms with van der Waals surface area (Å²) in [5.41, 5.74) is 6.02. The van der Waals surface area contributed by atoms with Gasteiger partial charge >= 0.3 is 0 Å². The minimum Gasteiger partial charge on any atom is -0.368 e. The molecule has 26 heavy (non-hydrogen) atoms. The molecular formula is C20H24N6. The highest BCUT2D eigenvalue weighted by atomic mass is 15.3. The number of imidazole rings is 1. The molecule has 0 radical (unpaired) electrons. The Hall–Kier alpha value is -2.63. The van der Waals surface area contributed by atoms with Gasteiger partial charge in [0.25, 0.3) is 0 Å². The van der Waals surface area contributed by atoms with Crippen LogP contribution in [0.15, 0.2) is 30.9 Å². The third-order valence-corrected chi connectivity index (χ3v) is 5.78. The molecule has 3 aromatic rings. The van der Waals surface area contributed by atoms with Crippen LogP contribution in [0.25, 0.3) is 11.2 Å². The first-order valence-corrected chi connectivity index (χ1v) is 9.46. The maximum absolute atomic E-state index is 4.64. The van der Waals surface area contributed by atoms with E-state index in [-0.39, 0.29) is 0 Å². The predicted molar refractivity (Wildman–Crippen MR) is 104 cm³/mol. The van der Waals surface area contributed by atoms with Crippen LogP contribution < -0.4 is 9.80 Å². The van der Waals surface area contributed by atoms with Crippen molar-refractivity contribution in [2.45, 2.75) is 32.7 Å².